The van der Waals surface area contributed by atoms with Crippen LogP contribution in [0.2, 0.25) is 0 Å². The fraction of sp³-hybridized carbons (Fsp3) is 0.421. The summed E-state index contributed by atoms with van der Waals surface area (Å²) in [6, 6.07) is 0.465. The number of aryl methyl sites for hydroxylation is 2. The number of likely N-dealkylation sites (N-methyl/N-ethyl adjacent to an activating group) is 1. The fourth-order valence-corrected chi connectivity index (χ4v) is 3.52. The van der Waals surface area contributed by atoms with E-state index in [9.17, 15) is 4.79 Å². The molecule has 9 heteroatoms. The number of hydrogen-bond donors (Lipinski definition) is 2. The Morgan fingerprint density at radius 1 is 1.21 bits per heavy atom. The lowest BCUT2D eigenvalue weighted by atomic mass is 10.3. The van der Waals surface area contributed by atoms with Crippen molar-refractivity contribution in [3.05, 3.63) is 41.7 Å². The molecule has 0 radical (unpaired) electrons. The van der Waals surface area contributed by atoms with Crippen LogP contribution >= 0.6 is 0 Å². The summed E-state index contributed by atoms with van der Waals surface area (Å²) in [7, 11) is 0. The predicted molar refractivity (Wildman–Crippen MR) is 107 cm³/mol. The highest BCUT2D eigenvalue weighted by atomic mass is 16.1. The van der Waals surface area contributed by atoms with Crippen LogP contribution in [-0.4, -0.2) is 55.9 Å². The number of nitrogens with zero attached hydrogens (tertiary/aromatic N) is 6. The lowest BCUT2D eigenvalue weighted by Gasteiger charge is -2.16. The SMILES string of the molecule is CCN[C@@H]1CCN(c2ncc(C(=O)Nc3cn4cc(C)nc4c(C)n3)cn2)C1. The number of carbonyl (C=O) groups is 1. The Hall–Kier alpha value is -3.07. The molecule has 1 fully saturated rings. The van der Waals surface area contributed by atoms with Gasteiger partial charge in [-0.25, -0.2) is 19.9 Å². The summed E-state index contributed by atoms with van der Waals surface area (Å²) < 4.78 is 1.86. The number of anilines is 2. The molecule has 0 aliphatic carbocycles. The van der Waals surface area contributed by atoms with Crippen molar-refractivity contribution in [1.29, 1.82) is 0 Å². The van der Waals surface area contributed by atoms with Gasteiger partial charge in [0.2, 0.25) is 5.95 Å². The van der Waals surface area contributed by atoms with Gasteiger partial charge in [-0.3, -0.25) is 4.79 Å². The summed E-state index contributed by atoms with van der Waals surface area (Å²) in [5.74, 6) is 0.826. The van der Waals surface area contributed by atoms with Crippen LogP contribution in [0.5, 0.6) is 0 Å². The van der Waals surface area contributed by atoms with E-state index in [1.54, 1.807) is 18.6 Å². The Bertz CT molecular complexity index is 997. The van der Waals surface area contributed by atoms with Crippen LogP contribution < -0.4 is 15.5 Å². The van der Waals surface area contributed by atoms with Gasteiger partial charge in [0.05, 0.1) is 23.1 Å². The van der Waals surface area contributed by atoms with Crippen LogP contribution in [0.1, 0.15) is 35.1 Å². The standard InChI is InChI=1S/C19H24N8O/c1-4-20-15-5-6-26(10-15)19-21-7-14(8-22-19)18(28)25-16-11-27-9-12(2)23-17(27)13(3)24-16/h7-9,11,15,20H,4-6,10H2,1-3H3,(H,25,28)/t15-/m1/s1. The third-order valence-electron chi connectivity index (χ3n) is 4.83. The molecule has 2 N–H and O–H groups in total. The van der Waals surface area contributed by atoms with E-state index in [1.807, 2.05) is 24.4 Å². The highest BCUT2D eigenvalue weighted by Crippen LogP contribution is 2.17. The number of aromatic nitrogens is 5. The average molecular weight is 380 g/mol. The molecule has 0 aromatic carbocycles. The van der Waals surface area contributed by atoms with Crippen LogP contribution in [0.15, 0.2) is 24.8 Å². The zero-order valence-corrected chi connectivity index (χ0v) is 16.3. The molecule has 3 aromatic heterocycles. The van der Waals surface area contributed by atoms with E-state index in [0.717, 1.165) is 43.1 Å². The number of fused-ring (bicyclic) bond motifs is 1. The summed E-state index contributed by atoms with van der Waals surface area (Å²) in [4.78, 5) is 32.3. The molecule has 0 unspecified atom stereocenters. The molecule has 0 saturated carbocycles. The molecule has 4 heterocycles. The molecule has 0 spiro atoms. The van der Waals surface area contributed by atoms with Gasteiger partial charge in [-0.1, -0.05) is 6.92 Å². The van der Waals surface area contributed by atoms with Gasteiger partial charge < -0.3 is 19.9 Å². The molecule has 1 aliphatic heterocycles. The molecular weight excluding hydrogens is 356 g/mol. The molecule has 28 heavy (non-hydrogen) atoms. The number of imidazole rings is 1. The lowest BCUT2D eigenvalue weighted by Crippen LogP contribution is -2.32. The Labute approximate surface area is 163 Å². The molecule has 4 rings (SSSR count). The predicted octanol–water partition coefficient (Wildman–Crippen LogP) is 1.58. The van der Waals surface area contributed by atoms with E-state index in [-0.39, 0.29) is 5.91 Å². The molecule has 3 aromatic rings. The first kappa shape index (κ1) is 18.3. The van der Waals surface area contributed by atoms with Crippen molar-refractivity contribution in [1.82, 2.24) is 29.7 Å². The maximum atomic E-state index is 12.6. The van der Waals surface area contributed by atoms with Gasteiger partial charge in [0.25, 0.3) is 5.91 Å². The summed E-state index contributed by atoms with van der Waals surface area (Å²) in [5, 5.41) is 6.26. The minimum Gasteiger partial charge on any atom is -0.339 e. The van der Waals surface area contributed by atoms with Gasteiger partial charge in [-0.05, 0) is 26.8 Å². The monoisotopic (exact) mass is 380 g/mol. The van der Waals surface area contributed by atoms with Gasteiger partial charge in [-0.15, -0.1) is 0 Å². The maximum Gasteiger partial charge on any atom is 0.259 e. The van der Waals surface area contributed by atoms with Crippen LogP contribution in [0.3, 0.4) is 0 Å². The molecule has 1 amide bonds. The van der Waals surface area contributed by atoms with Crippen molar-refractivity contribution >= 4 is 23.3 Å². The highest BCUT2D eigenvalue weighted by molar-refractivity contribution is 6.03. The van der Waals surface area contributed by atoms with Gasteiger partial charge in [0.15, 0.2) is 5.65 Å². The zero-order valence-electron chi connectivity index (χ0n) is 16.3. The highest BCUT2D eigenvalue weighted by Gasteiger charge is 2.23. The van der Waals surface area contributed by atoms with Crippen molar-refractivity contribution in [3.8, 4) is 0 Å². The quantitative estimate of drug-likeness (QED) is 0.693. The first-order valence-electron chi connectivity index (χ1n) is 9.48. The summed E-state index contributed by atoms with van der Waals surface area (Å²) >= 11 is 0. The van der Waals surface area contributed by atoms with Crippen LogP contribution in [-0.2, 0) is 0 Å². The van der Waals surface area contributed by atoms with Crippen molar-refractivity contribution in [2.45, 2.75) is 33.2 Å². The molecule has 1 atom stereocenters. The Balaban J connectivity index is 1.45. The van der Waals surface area contributed by atoms with Gasteiger partial charge in [0.1, 0.15) is 5.82 Å². The van der Waals surface area contributed by atoms with E-state index in [0.29, 0.717) is 23.4 Å². The van der Waals surface area contributed by atoms with Crippen LogP contribution in [0.4, 0.5) is 11.8 Å². The normalized spacial score (nSPS) is 16.7. The summed E-state index contributed by atoms with van der Waals surface area (Å²) in [6.45, 7) is 8.64. The van der Waals surface area contributed by atoms with E-state index >= 15 is 0 Å². The smallest absolute Gasteiger partial charge is 0.259 e. The number of amides is 1. The third kappa shape index (κ3) is 3.65. The third-order valence-corrected chi connectivity index (χ3v) is 4.83. The fourth-order valence-electron chi connectivity index (χ4n) is 3.52. The largest absolute Gasteiger partial charge is 0.339 e. The van der Waals surface area contributed by atoms with Crippen molar-refractivity contribution in [2.24, 2.45) is 0 Å². The molecule has 9 nitrogen and oxygen atoms in total. The first-order chi connectivity index (χ1) is 13.5. The maximum absolute atomic E-state index is 12.6. The molecule has 146 valence electrons. The number of carbonyl (C=O) groups excluding carboxylic acids is 1. The van der Waals surface area contributed by atoms with Crippen LogP contribution in [0, 0.1) is 13.8 Å². The minimum absolute atomic E-state index is 0.290. The van der Waals surface area contributed by atoms with E-state index < -0.39 is 0 Å². The minimum atomic E-state index is -0.290. The van der Waals surface area contributed by atoms with Crippen LogP contribution in [0.25, 0.3) is 5.65 Å². The second-order valence-corrected chi connectivity index (χ2v) is 7.04. The van der Waals surface area contributed by atoms with Crippen molar-refractivity contribution in [3.63, 3.8) is 0 Å². The van der Waals surface area contributed by atoms with Gasteiger partial charge in [0, 0.05) is 37.7 Å². The Morgan fingerprint density at radius 2 is 2.00 bits per heavy atom. The number of hydrogen-bond acceptors (Lipinski definition) is 7. The van der Waals surface area contributed by atoms with E-state index in [4.69, 9.17) is 0 Å². The average Bonchev–Trinajstić information content (AvgIpc) is 3.28. The van der Waals surface area contributed by atoms with Crippen molar-refractivity contribution in [2.75, 3.05) is 29.9 Å². The molecule has 1 aliphatic rings. The number of rotatable bonds is 5. The summed E-state index contributed by atoms with van der Waals surface area (Å²) in [5.41, 5.74) is 2.83. The molecule has 0 bridgehead atoms. The molecule has 1 saturated heterocycles. The second kappa shape index (κ2) is 7.51. The topological polar surface area (TPSA) is 100 Å². The van der Waals surface area contributed by atoms with Gasteiger partial charge in [-0.2, -0.15) is 0 Å². The zero-order chi connectivity index (χ0) is 19.7. The lowest BCUT2D eigenvalue weighted by molar-refractivity contribution is 0.102. The first-order valence-corrected chi connectivity index (χ1v) is 9.48. The van der Waals surface area contributed by atoms with E-state index in [1.165, 1.54) is 0 Å². The second-order valence-electron chi connectivity index (χ2n) is 7.04. The molecular formula is C19H24N8O. The summed E-state index contributed by atoms with van der Waals surface area (Å²) in [6.07, 6.45) is 7.84. The number of nitrogens with one attached hydrogen (secondary N) is 2. The van der Waals surface area contributed by atoms with Gasteiger partial charge >= 0.3 is 0 Å². The van der Waals surface area contributed by atoms with Crippen molar-refractivity contribution < 1.29 is 4.79 Å². The Kier molecular flexibility index (Phi) is 4.91. The van der Waals surface area contributed by atoms with E-state index in [2.05, 4.69) is 42.4 Å². The Morgan fingerprint density at radius 3 is 2.75 bits per heavy atom.